The molecule has 1 saturated heterocycles. The molecule has 0 saturated carbocycles. The van der Waals surface area contributed by atoms with E-state index >= 15 is 0 Å². The van der Waals surface area contributed by atoms with E-state index in [-0.39, 0.29) is 27.7 Å². The summed E-state index contributed by atoms with van der Waals surface area (Å²) in [5, 5.41) is 4.04. The van der Waals surface area contributed by atoms with E-state index in [1.807, 2.05) is 24.3 Å². The molecule has 158 valence electrons. The first-order valence-corrected chi connectivity index (χ1v) is 10.5. The first kappa shape index (κ1) is 19.7. The zero-order chi connectivity index (χ0) is 21.5. The molecule has 1 atom stereocenters. The largest absolute Gasteiger partial charge is 0.454 e. The van der Waals surface area contributed by atoms with Crippen LogP contribution in [-0.2, 0) is 0 Å². The van der Waals surface area contributed by atoms with Crippen molar-refractivity contribution in [2.75, 3.05) is 30.3 Å². The van der Waals surface area contributed by atoms with Gasteiger partial charge in [-0.05, 0) is 43.3 Å². The molecule has 31 heavy (non-hydrogen) atoms. The fourth-order valence-corrected chi connectivity index (χ4v) is 4.13. The van der Waals surface area contributed by atoms with Crippen molar-refractivity contribution in [3.05, 3.63) is 63.8 Å². The summed E-state index contributed by atoms with van der Waals surface area (Å²) in [5.41, 5.74) is 7.69. The Balaban J connectivity index is 1.47. The van der Waals surface area contributed by atoms with E-state index in [0.29, 0.717) is 28.1 Å². The normalized spacial score (nSPS) is 16.7. The highest BCUT2D eigenvalue weighted by atomic mass is 35.5. The van der Waals surface area contributed by atoms with Crippen LogP contribution < -0.4 is 26.1 Å². The second-order valence-electron chi connectivity index (χ2n) is 7.66. The van der Waals surface area contributed by atoms with Crippen LogP contribution in [0.3, 0.4) is 0 Å². The molecule has 3 heterocycles. The highest BCUT2D eigenvalue weighted by molar-refractivity contribution is 6.35. The Morgan fingerprint density at radius 2 is 2.03 bits per heavy atom. The van der Waals surface area contributed by atoms with Gasteiger partial charge in [0.15, 0.2) is 22.7 Å². The number of nitrogen functional groups attached to an aromatic ring is 1. The molecule has 0 unspecified atom stereocenters. The van der Waals surface area contributed by atoms with E-state index in [2.05, 4.69) is 22.1 Å². The number of benzene rings is 2. The molecular formula is C23H21ClN4O3. The first-order chi connectivity index (χ1) is 15.0. The summed E-state index contributed by atoms with van der Waals surface area (Å²) < 4.78 is 11.8. The van der Waals surface area contributed by atoms with Crippen molar-refractivity contribution in [1.82, 2.24) is 10.3 Å². The number of fused-ring (bicyclic) bond motifs is 2. The number of pyridine rings is 1. The minimum absolute atomic E-state index is 0.103. The number of nitrogens with two attached hydrogens (primary N) is 1. The summed E-state index contributed by atoms with van der Waals surface area (Å²) in [7, 11) is 0. The molecular weight excluding hydrogens is 416 g/mol. The molecule has 2 aromatic carbocycles. The molecule has 2 aromatic heterocycles. The number of aromatic nitrogens is 1. The van der Waals surface area contributed by atoms with Gasteiger partial charge in [0.05, 0.1) is 10.4 Å². The second-order valence-corrected chi connectivity index (χ2v) is 8.07. The minimum atomic E-state index is -0.324. The molecule has 0 spiro atoms. The Bertz CT molecular complexity index is 1340. The lowest BCUT2D eigenvalue weighted by atomic mass is 10.2. The number of rotatable bonds is 3. The third-order valence-electron chi connectivity index (χ3n) is 5.42. The topological polar surface area (TPSA) is 93.6 Å². The Labute approximate surface area is 183 Å². The monoisotopic (exact) mass is 436 g/mol. The maximum absolute atomic E-state index is 12.8. The van der Waals surface area contributed by atoms with Crippen LogP contribution in [0.4, 0.5) is 11.5 Å². The smallest absolute Gasteiger partial charge is 0.220 e. The summed E-state index contributed by atoms with van der Waals surface area (Å²) >= 11 is 6.17. The van der Waals surface area contributed by atoms with E-state index in [1.165, 1.54) is 0 Å². The van der Waals surface area contributed by atoms with Crippen LogP contribution in [0.1, 0.15) is 6.92 Å². The quantitative estimate of drug-likeness (QED) is 0.465. The number of nitrogens with one attached hydrogen (secondary N) is 1. The predicted molar refractivity (Wildman–Crippen MR) is 123 cm³/mol. The zero-order valence-electron chi connectivity index (χ0n) is 16.9. The first-order valence-electron chi connectivity index (χ1n) is 10.1. The fraction of sp³-hybridized carbons (Fsp3) is 0.217. The van der Waals surface area contributed by atoms with Gasteiger partial charge >= 0.3 is 0 Å². The van der Waals surface area contributed by atoms with E-state index in [1.54, 1.807) is 24.3 Å². The minimum Gasteiger partial charge on any atom is -0.454 e. The molecule has 1 aliphatic heterocycles. The van der Waals surface area contributed by atoms with Crippen LogP contribution in [0.2, 0.25) is 5.02 Å². The molecule has 5 rings (SSSR count). The summed E-state index contributed by atoms with van der Waals surface area (Å²) in [5.74, 6) is 1.04. The number of hydrogen-bond donors (Lipinski definition) is 2. The number of ether oxygens (including phenoxy) is 1. The number of halogens is 1. The van der Waals surface area contributed by atoms with Gasteiger partial charge in [-0.25, -0.2) is 4.98 Å². The third-order valence-corrected chi connectivity index (χ3v) is 5.73. The molecule has 4 aromatic rings. The molecule has 8 heteroatoms. The van der Waals surface area contributed by atoms with E-state index < -0.39 is 0 Å². The van der Waals surface area contributed by atoms with Gasteiger partial charge in [0.1, 0.15) is 11.3 Å². The van der Waals surface area contributed by atoms with Gasteiger partial charge in [-0.1, -0.05) is 17.7 Å². The molecule has 1 fully saturated rings. The van der Waals surface area contributed by atoms with Crippen LogP contribution in [0.25, 0.3) is 22.1 Å². The molecule has 0 bridgehead atoms. The lowest BCUT2D eigenvalue weighted by Gasteiger charge is -2.33. The summed E-state index contributed by atoms with van der Waals surface area (Å²) in [4.78, 5) is 19.4. The van der Waals surface area contributed by atoms with Gasteiger partial charge in [0.2, 0.25) is 5.43 Å². The summed E-state index contributed by atoms with van der Waals surface area (Å²) in [6.45, 7) is 5.06. The van der Waals surface area contributed by atoms with Gasteiger partial charge in [-0.15, -0.1) is 0 Å². The van der Waals surface area contributed by atoms with Gasteiger partial charge in [-0.3, -0.25) is 4.79 Å². The van der Waals surface area contributed by atoms with Crippen molar-refractivity contribution in [2.45, 2.75) is 13.0 Å². The maximum Gasteiger partial charge on any atom is 0.220 e. The Kier molecular flexibility index (Phi) is 4.92. The predicted octanol–water partition coefficient (Wildman–Crippen LogP) is 4.17. The van der Waals surface area contributed by atoms with Crippen molar-refractivity contribution in [2.24, 2.45) is 0 Å². The van der Waals surface area contributed by atoms with Crippen molar-refractivity contribution in [3.8, 4) is 11.5 Å². The lowest BCUT2D eigenvalue weighted by Crippen LogP contribution is -2.49. The average molecular weight is 437 g/mol. The highest BCUT2D eigenvalue weighted by Crippen LogP contribution is 2.32. The van der Waals surface area contributed by atoms with E-state index in [9.17, 15) is 4.79 Å². The second kappa shape index (κ2) is 7.76. The summed E-state index contributed by atoms with van der Waals surface area (Å²) in [6, 6.07) is 14.9. The number of hydrogen-bond acceptors (Lipinski definition) is 7. The molecule has 0 amide bonds. The van der Waals surface area contributed by atoms with Crippen LogP contribution in [0, 0.1) is 0 Å². The average Bonchev–Trinajstić information content (AvgIpc) is 2.76. The zero-order valence-corrected chi connectivity index (χ0v) is 17.6. The number of anilines is 2. The maximum atomic E-state index is 12.8. The van der Waals surface area contributed by atoms with Crippen LogP contribution >= 0.6 is 11.6 Å². The van der Waals surface area contributed by atoms with Gasteiger partial charge in [-0.2, -0.15) is 0 Å². The van der Waals surface area contributed by atoms with Crippen molar-refractivity contribution in [1.29, 1.82) is 0 Å². The Morgan fingerprint density at radius 1 is 1.23 bits per heavy atom. The van der Waals surface area contributed by atoms with Crippen molar-refractivity contribution < 1.29 is 9.15 Å². The Hall–Kier alpha value is -3.29. The van der Waals surface area contributed by atoms with Crippen LogP contribution in [-0.4, -0.2) is 30.7 Å². The molecule has 0 radical (unpaired) electrons. The van der Waals surface area contributed by atoms with E-state index in [0.717, 1.165) is 25.3 Å². The van der Waals surface area contributed by atoms with Crippen LogP contribution in [0.15, 0.2) is 57.7 Å². The molecule has 7 nitrogen and oxygen atoms in total. The van der Waals surface area contributed by atoms with Crippen molar-refractivity contribution in [3.63, 3.8) is 0 Å². The lowest BCUT2D eigenvalue weighted by molar-refractivity contribution is 0.479. The van der Waals surface area contributed by atoms with Gasteiger partial charge < -0.3 is 25.1 Å². The Morgan fingerprint density at radius 3 is 2.81 bits per heavy atom. The van der Waals surface area contributed by atoms with E-state index in [4.69, 9.17) is 26.5 Å². The van der Waals surface area contributed by atoms with Crippen LogP contribution in [0.5, 0.6) is 11.5 Å². The van der Waals surface area contributed by atoms with Gasteiger partial charge in [0, 0.05) is 37.4 Å². The standard InChI is InChI=1S/C23H21ClN4O3/c1-13-12-28(10-9-26-13)14-5-7-15(8-6-14)30-19-11-18-21(27-23(19)25)22(29)20-16(24)3-2-4-17(20)31-18/h2-8,11,13,26H,9-10,12H2,1H3,(H2,25,27)/t13-/m0/s1. The number of nitrogens with zero attached hydrogens (tertiary/aromatic N) is 2. The fourth-order valence-electron chi connectivity index (χ4n) is 3.88. The van der Waals surface area contributed by atoms with Crippen molar-refractivity contribution >= 4 is 45.2 Å². The number of piperazine rings is 1. The highest BCUT2D eigenvalue weighted by Gasteiger charge is 2.17. The SMILES string of the molecule is C[C@H]1CN(c2ccc(Oc3cc4oc5cccc(Cl)c5c(=O)c4nc3N)cc2)CCN1. The third kappa shape index (κ3) is 3.66. The molecule has 3 N–H and O–H groups in total. The van der Waals surface area contributed by atoms with Gasteiger partial charge in [0.25, 0.3) is 0 Å². The molecule has 0 aliphatic carbocycles. The summed E-state index contributed by atoms with van der Waals surface area (Å²) in [6.07, 6.45) is 0. The molecule has 1 aliphatic rings.